The zero-order valence-corrected chi connectivity index (χ0v) is 14.4. The van der Waals surface area contributed by atoms with Gasteiger partial charge in [0.2, 0.25) is 5.91 Å². The second kappa shape index (κ2) is 8.11. The lowest BCUT2D eigenvalue weighted by atomic mass is 9.90. The van der Waals surface area contributed by atoms with Gasteiger partial charge in [-0.15, -0.1) is 0 Å². The smallest absolute Gasteiger partial charge is 0.221 e. The fourth-order valence-corrected chi connectivity index (χ4v) is 3.51. The van der Waals surface area contributed by atoms with Gasteiger partial charge in [-0.25, -0.2) is 0 Å². The summed E-state index contributed by atoms with van der Waals surface area (Å²) in [5, 5.41) is 2.86. The van der Waals surface area contributed by atoms with Gasteiger partial charge in [0.15, 0.2) is 0 Å². The van der Waals surface area contributed by atoms with Crippen LogP contribution in [0.1, 0.15) is 30.9 Å². The summed E-state index contributed by atoms with van der Waals surface area (Å²) in [4.78, 5) is 13.7. The number of hydrogen-bond acceptors (Lipinski definition) is 2. The van der Waals surface area contributed by atoms with E-state index in [1.807, 2.05) is 12.1 Å². The Kier molecular flexibility index (Phi) is 5.65. The molecule has 1 N–H and O–H groups in total. The predicted octanol–water partition coefficient (Wildman–Crippen LogP) is 4.10. The molecule has 0 unspecified atom stereocenters. The Labute approximate surface area is 144 Å². The molecule has 3 heteroatoms. The third-order valence-electron chi connectivity index (χ3n) is 4.73. The summed E-state index contributed by atoms with van der Waals surface area (Å²) in [5.74, 6) is 0.781. The quantitative estimate of drug-likeness (QED) is 0.899. The molecule has 0 saturated carbocycles. The highest BCUT2D eigenvalue weighted by Crippen LogP contribution is 2.23. The van der Waals surface area contributed by atoms with Crippen molar-refractivity contribution in [3.8, 4) is 0 Å². The van der Waals surface area contributed by atoms with Crippen molar-refractivity contribution >= 4 is 11.6 Å². The van der Waals surface area contributed by atoms with E-state index in [-0.39, 0.29) is 5.91 Å². The first-order valence-electron chi connectivity index (χ1n) is 8.82. The molecule has 24 heavy (non-hydrogen) atoms. The molecule has 0 atom stereocenters. The van der Waals surface area contributed by atoms with Crippen LogP contribution in [0.2, 0.25) is 0 Å². The summed E-state index contributed by atoms with van der Waals surface area (Å²) < 4.78 is 0. The van der Waals surface area contributed by atoms with Gasteiger partial charge in [0.05, 0.1) is 0 Å². The van der Waals surface area contributed by atoms with Crippen molar-refractivity contribution in [1.29, 1.82) is 0 Å². The van der Waals surface area contributed by atoms with Gasteiger partial charge in [0, 0.05) is 19.2 Å². The van der Waals surface area contributed by atoms with E-state index in [0.717, 1.165) is 31.2 Å². The number of anilines is 1. The first-order valence-corrected chi connectivity index (χ1v) is 8.82. The topological polar surface area (TPSA) is 32.3 Å². The van der Waals surface area contributed by atoms with Crippen molar-refractivity contribution in [3.63, 3.8) is 0 Å². The van der Waals surface area contributed by atoms with Gasteiger partial charge >= 0.3 is 0 Å². The summed E-state index contributed by atoms with van der Waals surface area (Å²) in [6.45, 7) is 4.82. The van der Waals surface area contributed by atoms with Crippen LogP contribution in [-0.2, 0) is 17.8 Å². The average molecular weight is 322 g/mol. The van der Waals surface area contributed by atoms with Crippen LogP contribution >= 0.6 is 0 Å². The molecule has 0 aromatic heterocycles. The Bertz CT molecular complexity index is 661. The lowest BCUT2D eigenvalue weighted by Gasteiger charge is -2.32. The monoisotopic (exact) mass is 322 g/mol. The lowest BCUT2D eigenvalue weighted by Crippen LogP contribution is -2.33. The van der Waals surface area contributed by atoms with E-state index in [4.69, 9.17) is 0 Å². The maximum absolute atomic E-state index is 11.2. The second-order valence-electron chi connectivity index (χ2n) is 6.79. The van der Waals surface area contributed by atoms with Crippen LogP contribution in [-0.4, -0.2) is 23.9 Å². The summed E-state index contributed by atoms with van der Waals surface area (Å²) in [6, 6.07) is 19.0. The zero-order valence-electron chi connectivity index (χ0n) is 14.4. The molecule has 1 fully saturated rings. The summed E-state index contributed by atoms with van der Waals surface area (Å²) in [5.41, 5.74) is 3.61. The molecule has 3 rings (SSSR count). The normalized spacial score (nSPS) is 16.0. The molecule has 0 aliphatic carbocycles. The molecule has 1 aliphatic rings. The number of rotatable bonds is 5. The van der Waals surface area contributed by atoms with Crippen LogP contribution in [0.4, 0.5) is 5.69 Å². The Hall–Kier alpha value is -2.13. The van der Waals surface area contributed by atoms with Crippen molar-refractivity contribution in [3.05, 3.63) is 65.7 Å². The number of nitrogens with zero attached hydrogens (tertiary/aromatic N) is 1. The van der Waals surface area contributed by atoms with Crippen LogP contribution in [0.15, 0.2) is 54.6 Å². The van der Waals surface area contributed by atoms with Crippen molar-refractivity contribution < 1.29 is 4.79 Å². The number of benzene rings is 2. The fraction of sp³-hybridized carbons (Fsp3) is 0.381. The summed E-state index contributed by atoms with van der Waals surface area (Å²) in [6.07, 6.45) is 3.73. The van der Waals surface area contributed by atoms with Crippen molar-refractivity contribution in [2.75, 3.05) is 18.4 Å². The van der Waals surface area contributed by atoms with Gasteiger partial charge in [-0.2, -0.15) is 0 Å². The number of hydrogen-bond donors (Lipinski definition) is 1. The molecule has 2 aromatic rings. The Morgan fingerprint density at radius 2 is 1.75 bits per heavy atom. The number of nitrogens with one attached hydrogen (secondary N) is 1. The third kappa shape index (κ3) is 4.93. The van der Waals surface area contributed by atoms with Gasteiger partial charge in [-0.1, -0.05) is 42.5 Å². The summed E-state index contributed by atoms with van der Waals surface area (Å²) >= 11 is 0. The van der Waals surface area contributed by atoms with E-state index >= 15 is 0 Å². The van der Waals surface area contributed by atoms with E-state index in [2.05, 4.69) is 52.7 Å². The number of amides is 1. The van der Waals surface area contributed by atoms with Gasteiger partial charge in [0.25, 0.3) is 0 Å². The van der Waals surface area contributed by atoms with Gasteiger partial charge in [-0.3, -0.25) is 9.69 Å². The summed E-state index contributed by atoms with van der Waals surface area (Å²) in [7, 11) is 0. The first-order chi connectivity index (χ1) is 11.7. The van der Waals surface area contributed by atoms with Crippen LogP contribution in [0, 0.1) is 5.92 Å². The maximum atomic E-state index is 11.2. The largest absolute Gasteiger partial charge is 0.326 e. The second-order valence-corrected chi connectivity index (χ2v) is 6.79. The van der Waals surface area contributed by atoms with Gasteiger partial charge < -0.3 is 5.32 Å². The van der Waals surface area contributed by atoms with Crippen molar-refractivity contribution in [1.82, 2.24) is 4.90 Å². The lowest BCUT2D eigenvalue weighted by molar-refractivity contribution is -0.114. The highest BCUT2D eigenvalue weighted by molar-refractivity contribution is 5.88. The maximum Gasteiger partial charge on any atom is 0.221 e. The van der Waals surface area contributed by atoms with E-state index in [9.17, 15) is 4.79 Å². The van der Waals surface area contributed by atoms with Crippen LogP contribution in [0.3, 0.4) is 0 Å². The van der Waals surface area contributed by atoms with E-state index in [1.54, 1.807) is 6.92 Å². The number of piperidine rings is 1. The Balaban J connectivity index is 1.49. The molecule has 1 aliphatic heterocycles. The van der Waals surface area contributed by atoms with Crippen molar-refractivity contribution in [2.45, 2.75) is 32.7 Å². The van der Waals surface area contributed by atoms with E-state index in [1.165, 1.54) is 30.4 Å². The highest BCUT2D eigenvalue weighted by Gasteiger charge is 2.19. The molecule has 2 aromatic carbocycles. The van der Waals surface area contributed by atoms with Crippen molar-refractivity contribution in [2.24, 2.45) is 5.92 Å². The molecule has 0 bridgehead atoms. The standard InChI is InChI=1S/C21H26N2O/c1-17(24)22-21-9-5-8-20(15-21)16-23-12-10-19(11-13-23)14-18-6-3-2-4-7-18/h2-9,15,19H,10-14,16H2,1H3,(H,22,24). The SMILES string of the molecule is CC(=O)Nc1cccc(CN2CCC(Cc3ccccc3)CC2)c1. The molecule has 1 saturated heterocycles. The zero-order chi connectivity index (χ0) is 16.8. The Morgan fingerprint density at radius 1 is 1.04 bits per heavy atom. The molecular formula is C21H26N2O. The number of carbonyl (C=O) groups is 1. The molecular weight excluding hydrogens is 296 g/mol. The van der Waals surface area contributed by atoms with Gasteiger partial charge in [-0.05, 0) is 61.5 Å². The van der Waals surface area contributed by atoms with Crippen LogP contribution in [0.25, 0.3) is 0 Å². The molecule has 1 amide bonds. The third-order valence-corrected chi connectivity index (χ3v) is 4.73. The minimum atomic E-state index is -0.0196. The van der Waals surface area contributed by atoms with Gasteiger partial charge in [0.1, 0.15) is 0 Å². The molecule has 0 spiro atoms. The fourth-order valence-electron chi connectivity index (χ4n) is 3.51. The average Bonchev–Trinajstić information content (AvgIpc) is 2.57. The highest BCUT2D eigenvalue weighted by atomic mass is 16.1. The predicted molar refractivity (Wildman–Crippen MR) is 98.9 cm³/mol. The molecule has 3 nitrogen and oxygen atoms in total. The Morgan fingerprint density at radius 3 is 2.46 bits per heavy atom. The van der Waals surface area contributed by atoms with E-state index < -0.39 is 0 Å². The number of carbonyl (C=O) groups excluding carboxylic acids is 1. The van der Waals surface area contributed by atoms with Crippen LogP contribution < -0.4 is 5.32 Å². The molecule has 1 heterocycles. The minimum Gasteiger partial charge on any atom is -0.326 e. The molecule has 126 valence electrons. The molecule has 0 radical (unpaired) electrons. The minimum absolute atomic E-state index is 0.0196. The van der Waals surface area contributed by atoms with Crippen LogP contribution in [0.5, 0.6) is 0 Å². The van der Waals surface area contributed by atoms with E-state index in [0.29, 0.717) is 0 Å². The number of likely N-dealkylation sites (tertiary alicyclic amines) is 1. The first kappa shape index (κ1) is 16.7.